The molecule has 2 nitrogen and oxygen atoms in total. The molecule has 0 saturated carbocycles. The van der Waals surface area contributed by atoms with Gasteiger partial charge in [0.05, 0.1) is 0 Å². The Morgan fingerprint density at radius 3 is 1.71 bits per heavy atom. The van der Waals surface area contributed by atoms with Crippen LogP contribution in [0.15, 0.2) is 0 Å². The van der Waals surface area contributed by atoms with Crippen molar-refractivity contribution >= 4 is 0 Å². The van der Waals surface area contributed by atoms with Crippen LogP contribution >= 0.6 is 0 Å². The Labute approximate surface area is 44.3 Å². The molecule has 4 N–H and O–H groups in total. The normalized spacial score (nSPS) is 16.7. The zero-order valence-corrected chi connectivity index (χ0v) is 5.23. The topological polar surface area (TPSA) is 47.9 Å². The van der Waals surface area contributed by atoms with Crippen LogP contribution in [-0.4, -0.2) is 16.7 Å². The summed E-state index contributed by atoms with van der Waals surface area (Å²) in [5.74, 6) is 0. The van der Waals surface area contributed by atoms with Crippen LogP contribution in [0.2, 0.25) is 0 Å². The van der Waals surface area contributed by atoms with E-state index < -0.39 is 5.60 Å². The van der Waals surface area contributed by atoms with Gasteiger partial charge < -0.3 is 10.8 Å². The van der Waals surface area contributed by atoms with Crippen molar-refractivity contribution in [1.29, 1.82) is 0 Å². The van der Waals surface area contributed by atoms with Gasteiger partial charge in [-0.25, -0.2) is 0 Å². The van der Waals surface area contributed by atoms with E-state index in [1.807, 2.05) is 6.92 Å². The Morgan fingerprint density at radius 1 is 1.57 bits per heavy atom. The van der Waals surface area contributed by atoms with E-state index in [2.05, 4.69) is 5.73 Å². The monoisotopic (exact) mass is 104 g/mol. The molecule has 0 aliphatic heterocycles. The molecule has 0 rings (SSSR count). The smallest absolute Gasteiger partial charge is 0.110 e. The summed E-state index contributed by atoms with van der Waals surface area (Å²) in [4.78, 5) is 0. The summed E-state index contributed by atoms with van der Waals surface area (Å²) in [6, 6.07) is 0.104. The Balaban J connectivity index is 3.54. The van der Waals surface area contributed by atoms with Crippen molar-refractivity contribution in [3.63, 3.8) is 0 Å². The molecule has 0 aromatic carbocycles. The molecule has 0 radical (unpaired) electrons. The van der Waals surface area contributed by atoms with Crippen molar-refractivity contribution in [2.45, 2.75) is 32.4 Å². The summed E-state index contributed by atoms with van der Waals surface area (Å²) in [6.45, 7) is 5.40. The molecule has 0 heterocycles. The standard InChI is InChI=1S/C5H13NO/c1-4(6)5(2,3)7/h4,7H,6H2,1-3H3/p+1. The minimum Gasteiger partial charge on any atom is -0.384 e. The highest BCUT2D eigenvalue weighted by Gasteiger charge is 2.20. The van der Waals surface area contributed by atoms with E-state index in [1.165, 1.54) is 0 Å². The number of quaternary nitrogens is 1. The predicted molar refractivity (Wildman–Crippen MR) is 28.6 cm³/mol. The second-order valence-electron chi connectivity index (χ2n) is 2.55. The van der Waals surface area contributed by atoms with E-state index in [9.17, 15) is 0 Å². The molecule has 0 fully saturated rings. The van der Waals surface area contributed by atoms with E-state index >= 15 is 0 Å². The van der Waals surface area contributed by atoms with Gasteiger partial charge in [0, 0.05) is 0 Å². The molecule has 0 spiro atoms. The van der Waals surface area contributed by atoms with E-state index in [0.29, 0.717) is 0 Å². The molecule has 0 bridgehead atoms. The molecule has 0 aromatic heterocycles. The van der Waals surface area contributed by atoms with Crippen LogP contribution in [0.4, 0.5) is 0 Å². The van der Waals surface area contributed by atoms with E-state index in [4.69, 9.17) is 5.11 Å². The average Bonchev–Trinajstić information content (AvgIpc) is 1.31. The van der Waals surface area contributed by atoms with Gasteiger partial charge in [-0.15, -0.1) is 0 Å². The fraction of sp³-hybridized carbons (Fsp3) is 1.00. The molecule has 0 amide bonds. The number of aliphatic hydroxyl groups is 1. The van der Waals surface area contributed by atoms with E-state index in [-0.39, 0.29) is 6.04 Å². The molecule has 0 aromatic rings. The zero-order chi connectivity index (χ0) is 6.08. The fourth-order valence-corrected chi connectivity index (χ4v) is 0. The number of hydrogen-bond donors (Lipinski definition) is 2. The quantitative estimate of drug-likeness (QED) is 0.458. The molecular weight excluding hydrogens is 90.1 g/mol. The first-order chi connectivity index (χ1) is 2.94. The second-order valence-corrected chi connectivity index (χ2v) is 2.55. The molecule has 1 unspecified atom stereocenters. The second kappa shape index (κ2) is 1.80. The third-order valence-corrected chi connectivity index (χ3v) is 1.21. The summed E-state index contributed by atoms with van der Waals surface area (Å²) in [5, 5.41) is 9.03. The first-order valence-electron chi connectivity index (χ1n) is 2.50. The lowest BCUT2D eigenvalue weighted by molar-refractivity contribution is -0.444. The highest BCUT2D eigenvalue weighted by molar-refractivity contribution is 4.69. The molecule has 44 valence electrons. The van der Waals surface area contributed by atoms with Gasteiger partial charge in [-0.3, -0.25) is 0 Å². The van der Waals surface area contributed by atoms with Crippen molar-refractivity contribution < 1.29 is 10.8 Å². The summed E-state index contributed by atoms with van der Waals surface area (Å²) < 4.78 is 0. The van der Waals surface area contributed by atoms with Crippen molar-refractivity contribution in [3.05, 3.63) is 0 Å². The highest BCUT2D eigenvalue weighted by Crippen LogP contribution is 2.01. The Kier molecular flexibility index (Phi) is 1.78. The van der Waals surface area contributed by atoms with Crippen LogP contribution < -0.4 is 5.73 Å². The SMILES string of the molecule is CC([NH3+])C(C)(C)O. The number of rotatable bonds is 1. The van der Waals surface area contributed by atoms with Crippen molar-refractivity contribution in [2.75, 3.05) is 0 Å². The Bertz CT molecular complexity index is 53.6. The molecule has 7 heavy (non-hydrogen) atoms. The zero-order valence-electron chi connectivity index (χ0n) is 5.23. The molecule has 2 heteroatoms. The van der Waals surface area contributed by atoms with Gasteiger partial charge in [0.2, 0.25) is 0 Å². The fourth-order valence-electron chi connectivity index (χ4n) is 0. The summed E-state index contributed by atoms with van der Waals surface area (Å²) >= 11 is 0. The Morgan fingerprint density at radius 2 is 1.71 bits per heavy atom. The lowest BCUT2D eigenvalue weighted by atomic mass is 10.0. The van der Waals surface area contributed by atoms with Gasteiger partial charge in [-0.1, -0.05) is 0 Å². The molecule has 0 aliphatic rings. The summed E-state index contributed by atoms with van der Waals surface area (Å²) in [5.41, 5.74) is 3.05. The summed E-state index contributed by atoms with van der Waals surface area (Å²) in [7, 11) is 0. The first-order valence-corrected chi connectivity index (χ1v) is 2.50. The van der Waals surface area contributed by atoms with E-state index in [0.717, 1.165) is 0 Å². The van der Waals surface area contributed by atoms with Crippen LogP contribution in [0.25, 0.3) is 0 Å². The maximum Gasteiger partial charge on any atom is 0.110 e. The maximum absolute atomic E-state index is 9.03. The van der Waals surface area contributed by atoms with E-state index in [1.54, 1.807) is 13.8 Å². The first kappa shape index (κ1) is 6.92. The van der Waals surface area contributed by atoms with Crippen LogP contribution in [0.1, 0.15) is 20.8 Å². The van der Waals surface area contributed by atoms with Crippen LogP contribution in [0.5, 0.6) is 0 Å². The summed E-state index contributed by atoms with van der Waals surface area (Å²) in [6.07, 6.45) is 0. The number of hydrogen-bond acceptors (Lipinski definition) is 1. The molecular formula is C5H14NO+. The molecule has 0 aliphatic carbocycles. The van der Waals surface area contributed by atoms with Crippen LogP contribution in [0, 0.1) is 0 Å². The molecule has 1 atom stereocenters. The lowest BCUT2D eigenvalue weighted by Gasteiger charge is -2.17. The third kappa shape index (κ3) is 2.60. The van der Waals surface area contributed by atoms with Gasteiger partial charge in [0.15, 0.2) is 0 Å². The molecule has 0 saturated heterocycles. The highest BCUT2D eigenvalue weighted by atomic mass is 16.3. The average molecular weight is 104 g/mol. The minimum absolute atomic E-state index is 0.104. The van der Waals surface area contributed by atoms with Crippen LogP contribution in [0.3, 0.4) is 0 Å². The van der Waals surface area contributed by atoms with Crippen molar-refractivity contribution in [3.8, 4) is 0 Å². The maximum atomic E-state index is 9.03. The van der Waals surface area contributed by atoms with Gasteiger partial charge >= 0.3 is 0 Å². The Hall–Kier alpha value is -0.0800. The van der Waals surface area contributed by atoms with Gasteiger partial charge in [-0.05, 0) is 20.8 Å². The minimum atomic E-state index is -0.611. The largest absolute Gasteiger partial charge is 0.384 e. The third-order valence-electron chi connectivity index (χ3n) is 1.21. The van der Waals surface area contributed by atoms with Crippen molar-refractivity contribution in [2.24, 2.45) is 0 Å². The van der Waals surface area contributed by atoms with Gasteiger partial charge in [0.1, 0.15) is 11.6 Å². The predicted octanol–water partition coefficient (Wildman–Crippen LogP) is -0.612. The van der Waals surface area contributed by atoms with Gasteiger partial charge in [-0.2, -0.15) is 0 Å². The van der Waals surface area contributed by atoms with Gasteiger partial charge in [0.25, 0.3) is 0 Å². The van der Waals surface area contributed by atoms with Crippen LogP contribution in [-0.2, 0) is 0 Å². The lowest BCUT2D eigenvalue weighted by Crippen LogP contribution is -2.68. The van der Waals surface area contributed by atoms with Crippen molar-refractivity contribution in [1.82, 2.24) is 0 Å².